The van der Waals surface area contributed by atoms with E-state index in [1.54, 1.807) is 20.3 Å². The zero-order chi connectivity index (χ0) is 16.8. The number of amides is 1. The predicted octanol–water partition coefficient (Wildman–Crippen LogP) is 0.948. The van der Waals surface area contributed by atoms with E-state index >= 15 is 0 Å². The Hall–Kier alpha value is -2.28. The van der Waals surface area contributed by atoms with Crippen LogP contribution in [0.4, 0.5) is 0 Å². The highest BCUT2D eigenvalue weighted by molar-refractivity contribution is 5.84. The molecule has 7 heteroatoms. The number of nitrogens with zero attached hydrogens (tertiary/aromatic N) is 1. The molecule has 1 fully saturated rings. The minimum atomic E-state index is -1.04. The minimum absolute atomic E-state index is 0.0391. The van der Waals surface area contributed by atoms with Crippen molar-refractivity contribution >= 4 is 11.9 Å². The molecule has 0 aliphatic carbocycles. The highest BCUT2D eigenvalue weighted by Crippen LogP contribution is 2.28. The quantitative estimate of drug-likeness (QED) is 0.839. The van der Waals surface area contributed by atoms with Crippen molar-refractivity contribution in [2.75, 3.05) is 34.0 Å². The molecule has 0 bridgehead atoms. The van der Waals surface area contributed by atoms with Crippen LogP contribution in [0.25, 0.3) is 0 Å². The molecule has 1 saturated heterocycles. The fourth-order valence-corrected chi connectivity index (χ4v) is 2.54. The Morgan fingerprint density at radius 1 is 1.30 bits per heavy atom. The van der Waals surface area contributed by atoms with Crippen LogP contribution in [-0.2, 0) is 20.7 Å². The Morgan fingerprint density at radius 2 is 2.04 bits per heavy atom. The number of methoxy groups -OCH3 is 2. The highest BCUT2D eigenvalue weighted by Gasteiger charge is 2.32. The highest BCUT2D eigenvalue weighted by atomic mass is 16.5. The third-order valence-corrected chi connectivity index (χ3v) is 3.81. The topological polar surface area (TPSA) is 85.3 Å². The summed E-state index contributed by atoms with van der Waals surface area (Å²) in [6, 6.07) is 4.57. The van der Waals surface area contributed by atoms with Crippen molar-refractivity contribution in [1.82, 2.24) is 4.90 Å². The average molecular weight is 323 g/mol. The number of carbonyl (C=O) groups excluding carboxylic acids is 1. The molecule has 1 aliphatic rings. The van der Waals surface area contributed by atoms with Crippen molar-refractivity contribution in [1.29, 1.82) is 0 Å². The fourth-order valence-electron chi connectivity index (χ4n) is 2.54. The molecule has 1 aliphatic heterocycles. The summed E-state index contributed by atoms with van der Waals surface area (Å²) in [6.07, 6.45) is 0.738. The molecule has 1 amide bonds. The number of hydrogen-bond acceptors (Lipinski definition) is 5. The van der Waals surface area contributed by atoms with Gasteiger partial charge in [-0.15, -0.1) is 0 Å². The van der Waals surface area contributed by atoms with Gasteiger partial charge in [0, 0.05) is 13.0 Å². The van der Waals surface area contributed by atoms with Crippen LogP contribution < -0.4 is 9.47 Å². The van der Waals surface area contributed by atoms with E-state index in [4.69, 9.17) is 19.3 Å². The first-order valence-electron chi connectivity index (χ1n) is 7.37. The molecule has 1 aromatic rings. The normalized spacial score (nSPS) is 17.7. The average Bonchev–Trinajstić information content (AvgIpc) is 2.59. The van der Waals surface area contributed by atoms with Crippen molar-refractivity contribution < 1.29 is 28.9 Å². The molecular formula is C16H21NO6. The molecule has 23 heavy (non-hydrogen) atoms. The van der Waals surface area contributed by atoms with Crippen molar-refractivity contribution in [2.24, 2.45) is 0 Å². The zero-order valence-corrected chi connectivity index (χ0v) is 13.3. The number of benzene rings is 1. The molecule has 1 atom stereocenters. The van der Waals surface area contributed by atoms with Gasteiger partial charge in [-0.25, -0.2) is 4.79 Å². The van der Waals surface area contributed by atoms with Gasteiger partial charge in [-0.2, -0.15) is 0 Å². The smallest absolute Gasteiger partial charge is 0.328 e. The van der Waals surface area contributed by atoms with Gasteiger partial charge in [-0.1, -0.05) is 6.07 Å². The summed E-state index contributed by atoms with van der Waals surface area (Å²) in [5.41, 5.74) is 0.927. The van der Waals surface area contributed by atoms with Crippen LogP contribution in [0, 0.1) is 0 Å². The molecule has 7 nitrogen and oxygen atoms in total. The van der Waals surface area contributed by atoms with Gasteiger partial charge in [0.15, 0.2) is 17.5 Å². The monoisotopic (exact) mass is 323 g/mol. The third kappa shape index (κ3) is 4.13. The Labute approximate surface area is 134 Å². The van der Waals surface area contributed by atoms with E-state index in [1.807, 2.05) is 12.1 Å². The lowest BCUT2D eigenvalue weighted by Gasteiger charge is -2.32. The van der Waals surface area contributed by atoms with E-state index in [9.17, 15) is 9.59 Å². The van der Waals surface area contributed by atoms with Gasteiger partial charge in [0.2, 0.25) is 5.91 Å². The second-order valence-corrected chi connectivity index (χ2v) is 5.21. The molecule has 0 saturated carbocycles. The first-order valence-corrected chi connectivity index (χ1v) is 7.37. The van der Waals surface area contributed by atoms with E-state index in [0.717, 1.165) is 5.56 Å². The third-order valence-electron chi connectivity index (χ3n) is 3.81. The molecule has 0 spiro atoms. The summed E-state index contributed by atoms with van der Waals surface area (Å²) in [7, 11) is 3.11. The molecule has 0 radical (unpaired) electrons. The Kier molecular flexibility index (Phi) is 5.81. The number of rotatable bonds is 6. The lowest BCUT2D eigenvalue weighted by atomic mass is 10.1. The van der Waals surface area contributed by atoms with Crippen molar-refractivity contribution in [3.8, 4) is 11.5 Å². The molecule has 2 rings (SSSR count). The summed E-state index contributed by atoms with van der Waals surface area (Å²) in [5, 5.41) is 9.16. The van der Waals surface area contributed by atoms with Gasteiger partial charge in [0.1, 0.15) is 0 Å². The van der Waals surface area contributed by atoms with Crippen molar-refractivity contribution in [3.63, 3.8) is 0 Å². The largest absolute Gasteiger partial charge is 0.493 e. The maximum absolute atomic E-state index is 12.3. The van der Waals surface area contributed by atoms with Crippen LogP contribution >= 0.6 is 0 Å². The lowest BCUT2D eigenvalue weighted by molar-refractivity contribution is -0.158. The number of carboxylic acids is 1. The van der Waals surface area contributed by atoms with E-state index in [-0.39, 0.29) is 18.9 Å². The Bertz CT molecular complexity index is 574. The van der Waals surface area contributed by atoms with Gasteiger partial charge in [0.25, 0.3) is 0 Å². The maximum atomic E-state index is 12.3. The number of aliphatic carboxylic acids is 1. The number of hydrogen-bond donors (Lipinski definition) is 1. The first kappa shape index (κ1) is 17.1. The van der Waals surface area contributed by atoms with Crippen molar-refractivity contribution in [3.05, 3.63) is 23.8 Å². The molecular weight excluding hydrogens is 302 g/mol. The summed E-state index contributed by atoms with van der Waals surface area (Å²) in [6.45, 7) is 0.713. The van der Waals surface area contributed by atoms with E-state index in [2.05, 4.69) is 0 Å². The Balaban J connectivity index is 1.99. The van der Waals surface area contributed by atoms with Gasteiger partial charge in [-0.05, 0) is 24.1 Å². The van der Waals surface area contributed by atoms with E-state index < -0.39 is 12.0 Å². The Morgan fingerprint density at radius 3 is 2.70 bits per heavy atom. The lowest BCUT2D eigenvalue weighted by Crippen LogP contribution is -2.52. The van der Waals surface area contributed by atoms with Crippen LogP contribution in [0.2, 0.25) is 0 Å². The number of morpholine rings is 1. The summed E-state index contributed by atoms with van der Waals surface area (Å²) in [5.74, 6) is 0.00795. The number of carboxylic acid groups (broad SMARTS) is 1. The minimum Gasteiger partial charge on any atom is -0.493 e. The van der Waals surface area contributed by atoms with E-state index in [1.165, 1.54) is 4.90 Å². The molecule has 1 aromatic carbocycles. The molecule has 0 aromatic heterocycles. The molecule has 1 heterocycles. The van der Waals surface area contributed by atoms with Crippen LogP contribution in [0.3, 0.4) is 0 Å². The molecule has 1 N–H and O–H groups in total. The number of ether oxygens (including phenoxy) is 3. The van der Waals surface area contributed by atoms with Gasteiger partial charge in [0.05, 0.1) is 27.4 Å². The molecule has 126 valence electrons. The number of carbonyl (C=O) groups is 2. The van der Waals surface area contributed by atoms with E-state index in [0.29, 0.717) is 31.1 Å². The summed E-state index contributed by atoms with van der Waals surface area (Å²) in [4.78, 5) is 24.9. The van der Waals surface area contributed by atoms with Gasteiger partial charge < -0.3 is 24.2 Å². The second kappa shape index (κ2) is 7.82. The van der Waals surface area contributed by atoms with Crippen LogP contribution in [0.5, 0.6) is 11.5 Å². The standard InChI is InChI=1S/C16H21NO6/c1-21-13-5-3-11(9-14(13)22-2)4-6-15(18)17-7-8-23-10-12(17)16(19)20/h3,5,9,12H,4,6-8,10H2,1-2H3,(H,19,20)/t12-/m0/s1. The predicted molar refractivity (Wildman–Crippen MR) is 81.8 cm³/mol. The molecule has 0 unspecified atom stereocenters. The SMILES string of the molecule is COc1ccc(CCC(=O)N2CCOC[C@H]2C(=O)O)cc1OC. The second-order valence-electron chi connectivity index (χ2n) is 5.21. The van der Waals surface area contributed by atoms with Crippen LogP contribution in [0.15, 0.2) is 18.2 Å². The van der Waals surface area contributed by atoms with Crippen molar-refractivity contribution in [2.45, 2.75) is 18.9 Å². The summed E-state index contributed by atoms with van der Waals surface area (Å²) >= 11 is 0. The summed E-state index contributed by atoms with van der Waals surface area (Å²) < 4.78 is 15.5. The van der Waals surface area contributed by atoms with Crippen LogP contribution in [0.1, 0.15) is 12.0 Å². The number of aryl methyl sites for hydroxylation is 1. The fraction of sp³-hybridized carbons (Fsp3) is 0.500. The first-order chi connectivity index (χ1) is 11.1. The van der Waals surface area contributed by atoms with Crippen LogP contribution in [-0.4, -0.2) is 61.9 Å². The zero-order valence-electron chi connectivity index (χ0n) is 13.3. The van der Waals surface area contributed by atoms with Gasteiger partial charge in [-0.3, -0.25) is 4.79 Å². The maximum Gasteiger partial charge on any atom is 0.328 e. The van der Waals surface area contributed by atoms with Gasteiger partial charge >= 0.3 is 5.97 Å².